The number of rotatable bonds is 7. The van der Waals surface area contributed by atoms with Crippen LogP contribution in [-0.4, -0.2) is 53.2 Å². The first-order chi connectivity index (χ1) is 14.7. The summed E-state index contributed by atoms with van der Waals surface area (Å²) in [6.45, 7) is 4.22. The summed E-state index contributed by atoms with van der Waals surface area (Å²) >= 11 is 1.54. The van der Waals surface area contributed by atoms with Crippen molar-refractivity contribution in [2.24, 2.45) is 0 Å². The van der Waals surface area contributed by atoms with Gasteiger partial charge in [0.2, 0.25) is 0 Å². The molecular formula is C22H25N5O2S. The first-order valence-electron chi connectivity index (χ1n) is 9.95. The second-order valence-electron chi connectivity index (χ2n) is 7.00. The summed E-state index contributed by atoms with van der Waals surface area (Å²) in [5.41, 5.74) is 2.91. The maximum atomic E-state index is 12.6. The predicted octanol–water partition coefficient (Wildman–Crippen LogP) is 2.81. The third kappa shape index (κ3) is 4.83. The Balaban J connectivity index is 1.40. The number of carbonyl (C=O) groups is 1. The smallest absolute Gasteiger partial charge is 0.251 e. The Morgan fingerprint density at radius 3 is 2.50 bits per heavy atom. The number of thioether (sulfide) groups is 1. The number of morpholine rings is 1. The molecule has 1 aliphatic rings. The van der Waals surface area contributed by atoms with Gasteiger partial charge in [0.1, 0.15) is 0 Å². The number of hydrogen-bond donors (Lipinski definition) is 1. The molecular weight excluding hydrogens is 398 g/mol. The van der Waals surface area contributed by atoms with Gasteiger partial charge in [-0.05, 0) is 36.1 Å². The van der Waals surface area contributed by atoms with Gasteiger partial charge < -0.3 is 19.5 Å². The molecule has 8 heteroatoms. The highest BCUT2D eigenvalue weighted by Gasteiger charge is 2.15. The Morgan fingerprint density at radius 2 is 1.80 bits per heavy atom. The van der Waals surface area contributed by atoms with Crippen molar-refractivity contribution >= 4 is 23.4 Å². The molecule has 0 atom stereocenters. The molecule has 4 rings (SSSR count). The normalized spacial score (nSPS) is 14.0. The van der Waals surface area contributed by atoms with E-state index in [2.05, 4.69) is 32.5 Å². The Labute approximate surface area is 180 Å². The molecule has 156 valence electrons. The second-order valence-corrected chi connectivity index (χ2v) is 7.78. The van der Waals surface area contributed by atoms with E-state index in [-0.39, 0.29) is 5.91 Å². The molecule has 1 amide bonds. The average Bonchev–Trinajstić information content (AvgIpc) is 3.20. The Morgan fingerprint density at radius 1 is 1.07 bits per heavy atom. The summed E-state index contributed by atoms with van der Waals surface area (Å²) in [6, 6.07) is 17.9. The summed E-state index contributed by atoms with van der Waals surface area (Å²) in [6.07, 6.45) is 1.98. The van der Waals surface area contributed by atoms with Crippen molar-refractivity contribution < 1.29 is 9.53 Å². The van der Waals surface area contributed by atoms with E-state index in [0.29, 0.717) is 18.7 Å². The predicted molar refractivity (Wildman–Crippen MR) is 118 cm³/mol. The zero-order chi connectivity index (χ0) is 20.8. The molecule has 0 spiro atoms. The fraction of sp³-hybridized carbons (Fsp3) is 0.318. The fourth-order valence-electron chi connectivity index (χ4n) is 3.43. The second kappa shape index (κ2) is 9.77. The van der Waals surface area contributed by atoms with Crippen molar-refractivity contribution in [2.45, 2.75) is 18.2 Å². The molecule has 0 saturated carbocycles. The number of aromatic nitrogens is 3. The number of anilines is 1. The van der Waals surface area contributed by atoms with Gasteiger partial charge in [-0.2, -0.15) is 0 Å². The van der Waals surface area contributed by atoms with Gasteiger partial charge in [-0.3, -0.25) is 4.79 Å². The standard InChI is InChI=1S/C22H25N5O2S/c1-30-22-25-24-20(27(22)16-17-5-3-2-4-6-17)15-23-21(28)18-7-9-19(10-8-18)26-11-13-29-14-12-26/h2-10H,11-16H2,1H3,(H,23,28). The van der Waals surface area contributed by atoms with Crippen LogP contribution in [0.1, 0.15) is 21.7 Å². The van der Waals surface area contributed by atoms with E-state index in [0.717, 1.165) is 43.0 Å². The molecule has 2 heterocycles. The van der Waals surface area contributed by atoms with Crippen LogP contribution in [0.5, 0.6) is 0 Å². The minimum atomic E-state index is -0.122. The number of benzene rings is 2. The molecule has 1 aliphatic heterocycles. The van der Waals surface area contributed by atoms with E-state index in [9.17, 15) is 4.79 Å². The van der Waals surface area contributed by atoms with E-state index in [4.69, 9.17) is 4.74 Å². The Hall–Kier alpha value is -2.84. The maximum Gasteiger partial charge on any atom is 0.251 e. The van der Waals surface area contributed by atoms with E-state index in [1.807, 2.05) is 53.3 Å². The quantitative estimate of drug-likeness (QED) is 0.589. The summed E-state index contributed by atoms with van der Waals surface area (Å²) < 4.78 is 7.44. The third-order valence-corrected chi connectivity index (χ3v) is 5.74. The monoisotopic (exact) mass is 423 g/mol. The number of nitrogens with zero attached hydrogens (tertiary/aromatic N) is 4. The summed E-state index contributed by atoms with van der Waals surface area (Å²) in [5.74, 6) is 0.616. The molecule has 0 bridgehead atoms. The summed E-state index contributed by atoms with van der Waals surface area (Å²) in [7, 11) is 0. The van der Waals surface area contributed by atoms with Crippen molar-refractivity contribution in [3.8, 4) is 0 Å². The van der Waals surface area contributed by atoms with Crippen LogP contribution in [0.2, 0.25) is 0 Å². The molecule has 1 N–H and O–H groups in total. The lowest BCUT2D eigenvalue weighted by molar-refractivity contribution is 0.0949. The average molecular weight is 424 g/mol. The number of amides is 1. The van der Waals surface area contributed by atoms with Crippen molar-refractivity contribution in [3.05, 3.63) is 71.5 Å². The highest BCUT2D eigenvalue weighted by Crippen LogP contribution is 2.18. The molecule has 30 heavy (non-hydrogen) atoms. The van der Waals surface area contributed by atoms with Gasteiger partial charge in [-0.15, -0.1) is 10.2 Å². The lowest BCUT2D eigenvalue weighted by Crippen LogP contribution is -2.36. The van der Waals surface area contributed by atoms with Gasteiger partial charge in [0.25, 0.3) is 5.91 Å². The van der Waals surface area contributed by atoms with Crippen molar-refractivity contribution in [1.82, 2.24) is 20.1 Å². The largest absolute Gasteiger partial charge is 0.378 e. The molecule has 0 unspecified atom stereocenters. The first-order valence-corrected chi connectivity index (χ1v) is 11.2. The van der Waals surface area contributed by atoms with E-state index >= 15 is 0 Å². The summed E-state index contributed by atoms with van der Waals surface area (Å²) in [5, 5.41) is 12.3. The van der Waals surface area contributed by atoms with Crippen LogP contribution in [-0.2, 0) is 17.8 Å². The van der Waals surface area contributed by atoms with Gasteiger partial charge in [-0.1, -0.05) is 42.1 Å². The van der Waals surface area contributed by atoms with Crippen LogP contribution in [0.15, 0.2) is 59.8 Å². The van der Waals surface area contributed by atoms with Crippen LogP contribution < -0.4 is 10.2 Å². The molecule has 1 saturated heterocycles. The lowest BCUT2D eigenvalue weighted by Gasteiger charge is -2.28. The lowest BCUT2D eigenvalue weighted by atomic mass is 10.1. The van der Waals surface area contributed by atoms with E-state index < -0.39 is 0 Å². The van der Waals surface area contributed by atoms with Crippen molar-refractivity contribution in [3.63, 3.8) is 0 Å². The van der Waals surface area contributed by atoms with Crippen molar-refractivity contribution in [2.75, 3.05) is 37.5 Å². The van der Waals surface area contributed by atoms with E-state index in [1.165, 1.54) is 5.56 Å². The molecule has 2 aromatic carbocycles. The van der Waals surface area contributed by atoms with Crippen LogP contribution in [0.25, 0.3) is 0 Å². The minimum absolute atomic E-state index is 0.122. The first kappa shape index (κ1) is 20.4. The van der Waals surface area contributed by atoms with Gasteiger partial charge in [-0.25, -0.2) is 0 Å². The van der Waals surface area contributed by atoms with Gasteiger partial charge in [0.15, 0.2) is 11.0 Å². The third-order valence-electron chi connectivity index (χ3n) is 5.07. The summed E-state index contributed by atoms with van der Waals surface area (Å²) in [4.78, 5) is 14.9. The minimum Gasteiger partial charge on any atom is -0.378 e. The topological polar surface area (TPSA) is 72.3 Å². The molecule has 0 aliphatic carbocycles. The van der Waals surface area contributed by atoms with Crippen LogP contribution >= 0.6 is 11.8 Å². The van der Waals surface area contributed by atoms with Crippen LogP contribution in [0, 0.1) is 0 Å². The Kier molecular flexibility index (Phi) is 6.66. The highest BCUT2D eigenvalue weighted by atomic mass is 32.2. The molecule has 1 aromatic heterocycles. The zero-order valence-corrected chi connectivity index (χ0v) is 17.8. The maximum absolute atomic E-state index is 12.6. The van der Waals surface area contributed by atoms with Crippen LogP contribution in [0.3, 0.4) is 0 Å². The molecule has 7 nitrogen and oxygen atoms in total. The van der Waals surface area contributed by atoms with Crippen molar-refractivity contribution in [1.29, 1.82) is 0 Å². The number of nitrogens with one attached hydrogen (secondary N) is 1. The van der Waals surface area contributed by atoms with Gasteiger partial charge in [0.05, 0.1) is 26.3 Å². The van der Waals surface area contributed by atoms with Gasteiger partial charge in [0, 0.05) is 24.3 Å². The van der Waals surface area contributed by atoms with E-state index in [1.54, 1.807) is 11.8 Å². The zero-order valence-electron chi connectivity index (χ0n) is 17.0. The van der Waals surface area contributed by atoms with Crippen LogP contribution in [0.4, 0.5) is 5.69 Å². The van der Waals surface area contributed by atoms with Gasteiger partial charge >= 0.3 is 0 Å². The number of carbonyl (C=O) groups excluding carboxylic acids is 1. The SMILES string of the molecule is CSc1nnc(CNC(=O)c2ccc(N3CCOCC3)cc2)n1Cc1ccccc1. The Bertz CT molecular complexity index is 969. The number of hydrogen-bond acceptors (Lipinski definition) is 6. The molecule has 0 radical (unpaired) electrons. The molecule has 3 aromatic rings. The number of ether oxygens (including phenoxy) is 1. The molecule has 1 fully saturated rings. The highest BCUT2D eigenvalue weighted by molar-refractivity contribution is 7.98. The fourth-order valence-corrected chi connectivity index (χ4v) is 3.94.